The minimum absolute atomic E-state index is 0.153. The highest BCUT2D eigenvalue weighted by Gasteiger charge is 2.21. The van der Waals surface area contributed by atoms with Crippen molar-refractivity contribution in [1.82, 2.24) is 19.3 Å². The summed E-state index contributed by atoms with van der Waals surface area (Å²) >= 11 is 0. The van der Waals surface area contributed by atoms with E-state index in [9.17, 15) is 4.79 Å². The molecule has 7 heteroatoms. The summed E-state index contributed by atoms with van der Waals surface area (Å²) < 4.78 is 3.78. The average molecular weight is 451 g/mol. The number of carbonyl (C=O) groups excluding carboxylic acids is 1. The summed E-state index contributed by atoms with van der Waals surface area (Å²) in [4.78, 5) is 17.3. The predicted octanol–water partition coefficient (Wildman–Crippen LogP) is 6.15. The molecule has 0 fully saturated rings. The van der Waals surface area contributed by atoms with Gasteiger partial charge in [0, 0.05) is 22.9 Å². The van der Waals surface area contributed by atoms with Crippen molar-refractivity contribution in [2.45, 2.75) is 26.2 Å². The highest BCUT2D eigenvalue weighted by Crippen LogP contribution is 2.26. The SMILES string of the molecule is CC(C)(C)c1cc(NC(=O)Nc2ccc(-n3cnc4ccccc43)cc2)n(-c2ccccc2)n1. The van der Waals surface area contributed by atoms with Crippen molar-refractivity contribution in [3.8, 4) is 11.4 Å². The van der Waals surface area contributed by atoms with Crippen LogP contribution in [-0.4, -0.2) is 25.4 Å². The van der Waals surface area contributed by atoms with E-state index in [1.807, 2.05) is 89.5 Å². The number of urea groups is 1. The Kier molecular flexibility index (Phi) is 5.37. The Morgan fingerprint density at radius 1 is 0.824 bits per heavy atom. The predicted molar refractivity (Wildman–Crippen MR) is 136 cm³/mol. The second-order valence-corrected chi connectivity index (χ2v) is 9.14. The van der Waals surface area contributed by atoms with Gasteiger partial charge in [-0.15, -0.1) is 0 Å². The van der Waals surface area contributed by atoms with Gasteiger partial charge in [0.1, 0.15) is 12.1 Å². The smallest absolute Gasteiger partial charge is 0.308 e. The van der Waals surface area contributed by atoms with Crippen molar-refractivity contribution in [1.29, 1.82) is 0 Å². The zero-order valence-electron chi connectivity index (χ0n) is 19.4. The second kappa shape index (κ2) is 8.51. The number of anilines is 2. The van der Waals surface area contributed by atoms with E-state index in [0.29, 0.717) is 11.5 Å². The largest absolute Gasteiger partial charge is 0.324 e. The van der Waals surface area contributed by atoms with Gasteiger partial charge >= 0.3 is 6.03 Å². The number of hydrogen-bond donors (Lipinski definition) is 2. The summed E-state index contributed by atoms with van der Waals surface area (Å²) in [6, 6.07) is 27.0. The Hall–Kier alpha value is -4.39. The molecule has 0 aliphatic rings. The first kappa shape index (κ1) is 21.5. The second-order valence-electron chi connectivity index (χ2n) is 9.14. The minimum Gasteiger partial charge on any atom is -0.308 e. The van der Waals surface area contributed by atoms with E-state index in [4.69, 9.17) is 5.10 Å². The van der Waals surface area contributed by atoms with Crippen molar-refractivity contribution >= 4 is 28.6 Å². The molecule has 0 saturated heterocycles. The van der Waals surface area contributed by atoms with Crippen LogP contribution in [0.2, 0.25) is 0 Å². The summed E-state index contributed by atoms with van der Waals surface area (Å²) in [5, 5.41) is 10.6. The summed E-state index contributed by atoms with van der Waals surface area (Å²) in [6.07, 6.45) is 1.80. The number of nitrogens with zero attached hydrogens (tertiary/aromatic N) is 4. The van der Waals surface area contributed by atoms with E-state index in [1.165, 1.54) is 0 Å². The topological polar surface area (TPSA) is 76.8 Å². The van der Waals surface area contributed by atoms with Gasteiger partial charge in [-0.3, -0.25) is 9.88 Å². The van der Waals surface area contributed by atoms with E-state index < -0.39 is 0 Å². The number of nitrogens with one attached hydrogen (secondary N) is 2. The first-order chi connectivity index (χ1) is 16.4. The van der Waals surface area contributed by atoms with Gasteiger partial charge in [-0.25, -0.2) is 14.5 Å². The molecule has 0 unspecified atom stereocenters. The van der Waals surface area contributed by atoms with E-state index in [2.05, 4.69) is 36.4 Å². The summed E-state index contributed by atoms with van der Waals surface area (Å²) in [5.74, 6) is 0.607. The van der Waals surface area contributed by atoms with E-state index in [1.54, 1.807) is 11.0 Å². The Morgan fingerprint density at radius 3 is 2.26 bits per heavy atom. The minimum atomic E-state index is -0.335. The lowest BCUT2D eigenvalue weighted by Gasteiger charge is -2.14. The number of fused-ring (bicyclic) bond motifs is 1. The monoisotopic (exact) mass is 450 g/mol. The molecule has 0 atom stereocenters. The van der Waals surface area contributed by atoms with Crippen LogP contribution in [0.3, 0.4) is 0 Å². The molecule has 2 heterocycles. The van der Waals surface area contributed by atoms with Gasteiger partial charge in [0.15, 0.2) is 0 Å². The lowest BCUT2D eigenvalue weighted by Crippen LogP contribution is -2.21. The maximum Gasteiger partial charge on any atom is 0.324 e. The molecule has 2 amide bonds. The number of hydrogen-bond acceptors (Lipinski definition) is 3. The fourth-order valence-electron chi connectivity index (χ4n) is 3.75. The molecule has 0 saturated carbocycles. The zero-order chi connectivity index (χ0) is 23.7. The third-order valence-corrected chi connectivity index (χ3v) is 5.58. The maximum atomic E-state index is 12.8. The fraction of sp³-hybridized carbons (Fsp3) is 0.148. The molecule has 0 aliphatic heterocycles. The first-order valence-electron chi connectivity index (χ1n) is 11.1. The third kappa shape index (κ3) is 4.28. The van der Waals surface area contributed by atoms with Crippen LogP contribution in [0.5, 0.6) is 0 Å². The molecule has 2 N–H and O–H groups in total. The van der Waals surface area contributed by atoms with Gasteiger partial charge in [0.05, 0.1) is 22.4 Å². The molecular formula is C27H26N6O. The number of benzene rings is 3. The molecule has 0 bridgehead atoms. The Bertz CT molecular complexity index is 1440. The van der Waals surface area contributed by atoms with Gasteiger partial charge in [-0.2, -0.15) is 5.10 Å². The lowest BCUT2D eigenvalue weighted by molar-refractivity contribution is 0.262. The zero-order valence-corrected chi connectivity index (χ0v) is 19.4. The Morgan fingerprint density at radius 2 is 1.53 bits per heavy atom. The van der Waals surface area contributed by atoms with Gasteiger partial charge < -0.3 is 5.32 Å². The normalized spacial score (nSPS) is 11.5. The van der Waals surface area contributed by atoms with Crippen molar-refractivity contribution < 1.29 is 4.79 Å². The van der Waals surface area contributed by atoms with Crippen molar-refractivity contribution in [3.05, 3.63) is 97.0 Å². The Labute approximate surface area is 198 Å². The third-order valence-electron chi connectivity index (χ3n) is 5.58. The molecule has 0 radical (unpaired) electrons. The van der Waals surface area contributed by atoms with Crippen molar-refractivity contribution in [2.24, 2.45) is 0 Å². The number of carbonyl (C=O) groups is 1. The highest BCUT2D eigenvalue weighted by atomic mass is 16.2. The molecule has 34 heavy (non-hydrogen) atoms. The molecule has 2 aromatic heterocycles. The highest BCUT2D eigenvalue weighted by molar-refractivity contribution is 5.99. The lowest BCUT2D eigenvalue weighted by atomic mass is 9.92. The van der Waals surface area contributed by atoms with Gasteiger partial charge in [-0.1, -0.05) is 51.1 Å². The summed E-state index contributed by atoms with van der Waals surface area (Å²) in [6.45, 7) is 6.29. The van der Waals surface area contributed by atoms with Gasteiger partial charge in [0.25, 0.3) is 0 Å². The van der Waals surface area contributed by atoms with Gasteiger partial charge in [0.2, 0.25) is 0 Å². The van der Waals surface area contributed by atoms with Crippen LogP contribution >= 0.6 is 0 Å². The van der Waals surface area contributed by atoms with E-state index in [-0.39, 0.29) is 11.4 Å². The number of rotatable bonds is 4. The Balaban J connectivity index is 1.35. The molecule has 0 aliphatic carbocycles. The quantitative estimate of drug-likeness (QED) is 0.345. The van der Waals surface area contributed by atoms with Crippen LogP contribution in [-0.2, 0) is 5.41 Å². The van der Waals surface area contributed by atoms with Crippen LogP contribution in [0.4, 0.5) is 16.3 Å². The number of aromatic nitrogens is 4. The molecule has 0 spiro atoms. The number of para-hydroxylation sites is 3. The fourth-order valence-corrected chi connectivity index (χ4v) is 3.75. The van der Waals surface area contributed by atoms with Crippen LogP contribution < -0.4 is 10.6 Å². The molecule has 170 valence electrons. The van der Waals surface area contributed by atoms with E-state index in [0.717, 1.165) is 28.1 Å². The molecule has 5 rings (SSSR count). The molecule has 3 aromatic carbocycles. The molecular weight excluding hydrogens is 424 g/mol. The van der Waals surface area contributed by atoms with Crippen LogP contribution in [0.15, 0.2) is 91.3 Å². The number of amides is 2. The van der Waals surface area contributed by atoms with E-state index >= 15 is 0 Å². The summed E-state index contributed by atoms with van der Waals surface area (Å²) in [7, 11) is 0. The average Bonchev–Trinajstić information content (AvgIpc) is 3.45. The maximum absolute atomic E-state index is 12.8. The van der Waals surface area contributed by atoms with Crippen LogP contribution in [0.25, 0.3) is 22.4 Å². The summed E-state index contributed by atoms with van der Waals surface area (Å²) in [5.41, 5.74) is 5.25. The van der Waals surface area contributed by atoms with Crippen LogP contribution in [0.1, 0.15) is 26.5 Å². The molecule has 5 aromatic rings. The van der Waals surface area contributed by atoms with Crippen molar-refractivity contribution in [2.75, 3.05) is 10.6 Å². The first-order valence-corrected chi connectivity index (χ1v) is 11.1. The van der Waals surface area contributed by atoms with Gasteiger partial charge in [-0.05, 0) is 48.5 Å². The standard InChI is InChI=1S/C27H26N6O/c1-27(2,3)24-17-25(33(31-24)21-9-5-4-6-10-21)30-26(34)29-19-13-15-20(16-14-19)32-18-28-22-11-7-8-12-23(22)32/h4-18H,1-3H3,(H2,29,30,34). The number of imidazole rings is 1. The van der Waals surface area contributed by atoms with Crippen LogP contribution in [0, 0.1) is 0 Å². The molecule has 7 nitrogen and oxygen atoms in total. The van der Waals surface area contributed by atoms with Crippen molar-refractivity contribution in [3.63, 3.8) is 0 Å².